The van der Waals surface area contributed by atoms with Crippen molar-refractivity contribution >= 4 is 18.0 Å². The highest BCUT2D eigenvalue weighted by molar-refractivity contribution is 5.96. The molecule has 1 aliphatic rings. The molecule has 2 rings (SSSR count). The van der Waals surface area contributed by atoms with Crippen molar-refractivity contribution < 1.29 is 19.1 Å². The predicted molar refractivity (Wildman–Crippen MR) is 91.5 cm³/mol. The second kappa shape index (κ2) is 7.64. The molecule has 0 radical (unpaired) electrons. The first-order chi connectivity index (χ1) is 11.5. The van der Waals surface area contributed by atoms with E-state index in [1.807, 2.05) is 24.3 Å². The van der Waals surface area contributed by atoms with E-state index < -0.39 is 11.9 Å². The molecule has 0 atom stereocenters. The lowest BCUT2D eigenvalue weighted by Crippen LogP contribution is -2.26. The minimum Gasteiger partial charge on any atom is -0.466 e. The van der Waals surface area contributed by atoms with Gasteiger partial charge < -0.3 is 14.8 Å². The molecule has 0 bridgehead atoms. The molecule has 1 aromatic carbocycles. The minimum atomic E-state index is -0.446. The van der Waals surface area contributed by atoms with Crippen LogP contribution in [-0.4, -0.2) is 19.0 Å². The molecule has 126 valence electrons. The van der Waals surface area contributed by atoms with Gasteiger partial charge in [-0.05, 0) is 25.0 Å². The molecule has 0 aromatic heterocycles. The maximum atomic E-state index is 12.4. The second-order valence-corrected chi connectivity index (χ2v) is 5.52. The molecular weight excluding hydrogens is 306 g/mol. The van der Waals surface area contributed by atoms with E-state index in [0.29, 0.717) is 22.5 Å². The van der Waals surface area contributed by atoms with Crippen LogP contribution < -0.4 is 5.32 Å². The van der Waals surface area contributed by atoms with E-state index in [-0.39, 0.29) is 13.0 Å². The van der Waals surface area contributed by atoms with E-state index in [4.69, 9.17) is 9.47 Å². The molecule has 1 heterocycles. The fraction of sp³-hybridized carbons (Fsp3) is 0.263. The van der Waals surface area contributed by atoms with E-state index in [0.717, 1.165) is 11.1 Å². The Hall–Kier alpha value is -2.82. The van der Waals surface area contributed by atoms with Crippen LogP contribution in [0, 0.1) is 0 Å². The number of carbonyl (C=O) groups is 2. The van der Waals surface area contributed by atoms with Gasteiger partial charge in [0.1, 0.15) is 6.61 Å². The third-order valence-electron chi connectivity index (χ3n) is 3.90. The number of esters is 2. The van der Waals surface area contributed by atoms with Crippen LogP contribution >= 0.6 is 0 Å². The van der Waals surface area contributed by atoms with E-state index in [1.54, 1.807) is 19.9 Å². The summed E-state index contributed by atoms with van der Waals surface area (Å²) in [5, 5.41) is 3.04. The van der Waals surface area contributed by atoms with E-state index in [1.165, 1.54) is 7.11 Å². The lowest BCUT2D eigenvalue weighted by molar-refractivity contribution is -0.140. The van der Waals surface area contributed by atoms with Gasteiger partial charge in [0.25, 0.3) is 0 Å². The average molecular weight is 327 g/mol. The number of rotatable bonds is 5. The normalized spacial score (nSPS) is 14.1. The lowest BCUT2D eigenvalue weighted by Gasteiger charge is -2.22. The van der Waals surface area contributed by atoms with Gasteiger partial charge in [0, 0.05) is 17.8 Å². The monoisotopic (exact) mass is 327 g/mol. The number of methoxy groups -OCH3 is 1. The maximum Gasteiger partial charge on any atom is 0.336 e. The van der Waals surface area contributed by atoms with Crippen molar-refractivity contribution in [3.05, 3.63) is 64.5 Å². The zero-order valence-electron chi connectivity index (χ0n) is 14.1. The fourth-order valence-corrected chi connectivity index (χ4v) is 2.43. The number of carbonyl (C=O) groups excluding carboxylic acids is 2. The Bertz CT molecular complexity index is 726. The van der Waals surface area contributed by atoms with Crippen molar-refractivity contribution in [1.82, 2.24) is 5.32 Å². The average Bonchev–Trinajstić information content (AvgIpc) is 2.59. The third kappa shape index (κ3) is 3.93. The number of nitrogens with one attached hydrogen (secondary N) is 1. The topological polar surface area (TPSA) is 64.6 Å². The third-order valence-corrected chi connectivity index (χ3v) is 3.90. The van der Waals surface area contributed by atoms with E-state index >= 15 is 0 Å². The van der Waals surface area contributed by atoms with Gasteiger partial charge in [-0.15, -0.1) is 0 Å². The molecule has 24 heavy (non-hydrogen) atoms. The Labute approximate surface area is 141 Å². The van der Waals surface area contributed by atoms with Gasteiger partial charge in [-0.1, -0.05) is 36.9 Å². The summed E-state index contributed by atoms with van der Waals surface area (Å²) in [5.74, 6) is -0.889. The van der Waals surface area contributed by atoms with Crippen LogP contribution in [0.5, 0.6) is 0 Å². The Balaban J connectivity index is 2.04. The smallest absolute Gasteiger partial charge is 0.336 e. The minimum absolute atomic E-state index is 0.170. The molecule has 5 heteroatoms. The quantitative estimate of drug-likeness (QED) is 0.842. The van der Waals surface area contributed by atoms with Gasteiger partial charge >= 0.3 is 11.9 Å². The summed E-state index contributed by atoms with van der Waals surface area (Å²) in [4.78, 5) is 24.1. The molecule has 0 spiro atoms. The predicted octanol–water partition coefficient (Wildman–Crippen LogP) is 3.09. The summed E-state index contributed by atoms with van der Waals surface area (Å²) < 4.78 is 10.1. The van der Waals surface area contributed by atoms with Crippen molar-refractivity contribution in [2.75, 3.05) is 7.11 Å². The Kier molecular flexibility index (Phi) is 5.58. The van der Waals surface area contributed by atoms with Crippen molar-refractivity contribution in [1.29, 1.82) is 0 Å². The van der Waals surface area contributed by atoms with Crippen LogP contribution in [0.15, 0.2) is 53.4 Å². The van der Waals surface area contributed by atoms with Crippen molar-refractivity contribution in [3.8, 4) is 0 Å². The number of ether oxygens (including phenoxy) is 2. The maximum absolute atomic E-state index is 12.4. The molecule has 1 aromatic rings. The molecule has 0 unspecified atom stereocenters. The number of hydrogen-bond acceptors (Lipinski definition) is 5. The molecule has 0 fully saturated rings. The highest BCUT2D eigenvalue weighted by atomic mass is 16.5. The Morgan fingerprint density at radius 3 is 2.25 bits per heavy atom. The molecule has 0 saturated heterocycles. The highest BCUT2D eigenvalue weighted by Crippen LogP contribution is 2.25. The van der Waals surface area contributed by atoms with Crippen molar-refractivity contribution in [3.63, 3.8) is 0 Å². The number of allylic oxidation sites excluding steroid dienone is 2. The van der Waals surface area contributed by atoms with Crippen LogP contribution in [0.1, 0.15) is 31.4 Å². The zero-order valence-corrected chi connectivity index (χ0v) is 14.1. The second-order valence-electron chi connectivity index (χ2n) is 5.52. The summed E-state index contributed by atoms with van der Waals surface area (Å²) in [6.45, 7) is 7.43. The first-order valence-electron chi connectivity index (χ1n) is 7.59. The molecular formula is C19H21NO4. The molecule has 5 nitrogen and oxygen atoms in total. The van der Waals surface area contributed by atoms with Gasteiger partial charge in [-0.3, -0.25) is 0 Å². The first-order valence-corrected chi connectivity index (χ1v) is 7.59. The Morgan fingerprint density at radius 1 is 1.12 bits per heavy atom. The number of hydrogen-bond donors (Lipinski definition) is 1. The van der Waals surface area contributed by atoms with Crippen LogP contribution in [0.25, 0.3) is 6.08 Å². The molecule has 1 N–H and O–H groups in total. The van der Waals surface area contributed by atoms with Gasteiger partial charge in [-0.2, -0.15) is 0 Å². The van der Waals surface area contributed by atoms with Gasteiger partial charge in [0.15, 0.2) is 0 Å². The van der Waals surface area contributed by atoms with Crippen LogP contribution in [0.4, 0.5) is 0 Å². The van der Waals surface area contributed by atoms with Crippen molar-refractivity contribution in [2.24, 2.45) is 0 Å². The first kappa shape index (κ1) is 17.5. The molecule has 0 saturated carbocycles. The fourth-order valence-electron chi connectivity index (χ4n) is 2.43. The van der Waals surface area contributed by atoms with Crippen LogP contribution in [0.3, 0.4) is 0 Å². The summed E-state index contributed by atoms with van der Waals surface area (Å²) in [5.41, 5.74) is 4.14. The summed E-state index contributed by atoms with van der Waals surface area (Å²) >= 11 is 0. The highest BCUT2D eigenvalue weighted by Gasteiger charge is 2.26. The van der Waals surface area contributed by atoms with E-state index in [9.17, 15) is 9.59 Å². The molecule has 1 aliphatic heterocycles. The Morgan fingerprint density at radius 2 is 1.71 bits per heavy atom. The SMILES string of the molecule is C=Cc1ccc(COC(=O)C2=C(C)NC(C)=C(C(=O)OC)C2)cc1. The van der Waals surface area contributed by atoms with Crippen LogP contribution in [0.2, 0.25) is 0 Å². The van der Waals surface area contributed by atoms with Gasteiger partial charge in [0.2, 0.25) is 0 Å². The lowest BCUT2D eigenvalue weighted by atomic mass is 9.98. The largest absolute Gasteiger partial charge is 0.466 e. The van der Waals surface area contributed by atoms with Gasteiger partial charge in [0.05, 0.1) is 18.3 Å². The summed E-state index contributed by atoms with van der Waals surface area (Å²) in [6, 6.07) is 7.58. The van der Waals surface area contributed by atoms with Crippen molar-refractivity contribution in [2.45, 2.75) is 26.9 Å². The number of benzene rings is 1. The van der Waals surface area contributed by atoms with Crippen LogP contribution in [-0.2, 0) is 25.7 Å². The summed E-state index contributed by atoms with van der Waals surface area (Å²) in [6.07, 6.45) is 1.95. The molecule has 0 amide bonds. The molecule has 0 aliphatic carbocycles. The summed E-state index contributed by atoms with van der Waals surface area (Å²) in [7, 11) is 1.32. The standard InChI is InChI=1S/C19H21NO4/c1-5-14-6-8-15(9-7-14)11-24-19(22)17-10-16(18(21)23-4)12(2)20-13(17)3/h5-9,20H,1,10-11H2,2-4H3. The number of dihydropyridines is 1. The van der Waals surface area contributed by atoms with E-state index in [2.05, 4.69) is 11.9 Å². The zero-order chi connectivity index (χ0) is 17.7. The van der Waals surface area contributed by atoms with Gasteiger partial charge in [-0.25, -0.2) is 9.59 Å².